The third-order valence-electron chi connectivity index (χ3n) is 1.26. The summed E-state index contributed by atoms with van der Waals surface area (Å²) in [4.78, 5) is 0. The Balaban J connectivity index is 0. The van der Waals surface area contributed by atoms with Gasteiger partial charge in [-0.1, -0.05) is 26.2 Å². The van der Waals surface area contributed by atoms with Crippen LogP contribution in [0.15, 0.2) is 0 Å². The summed E-state index contributed by atoms with van der Waals surface area (Å²) in [5, 5.41) is 0. The van der Waals surface area contributed by atoms with Crippen LogP contribution in [0.3, 0.4) is 0 Å². The molecule has 0 aromatic heterocycles. The SMILES string of the molecule is CCCCCCNNN.[Mn]. The van der Waals surface area contributed by atoms with Gasteiger partial charge in [0.1, 0.15) is 0 Å². The van der Waals surface area contributed by atoms with Gasteiger partial charge in [-0.3, -0.25) is 5.84 Å². The van der Waals surface area contributed by atoms with Crippen LogP contribution in [0.5, 0.6) is 0 Å². The standard InChI is InChI=1S/C6H17N3.Mn/c1-2-3-4-5-6-8-9-7;/h8-9H,2-7H2,1H3;. The molecule has 1 radical (unpaired) electrons. The molecular weight excluding hydrogens is 169 g/mol. The molecule has 0 aromatic rings. The van der Waals surface area contributed by atoms with E-state index in [1.165, 1.54) is 25.7 Å². The van der Waals surface area contributed by atoms with E-state index in [1.54, 1.807) is 0 Å². The number of nitrogens with two attached hydrogens (primary N) is 1. The molecule has 0 unspecified atom stereocenters. The number of nitrogens with one attached hydrogen (secondary N) is 2. The Morgan fingerprint density at radius 1 is 1.20 bits per heavy atom. The summed E-state index contributed by atoms with van der Waals surface area (Å²) in [6.45, 7) is 3.17. The van der Waals surface area contributed by atoms with E-state index in [-0.39, 0.29) is 17.1 Å². The number of unbranched alkanes of at least 4 members (excludes halogenated alkanes) is 3. The third-order valence-corrected chi connectivity index (χ3v) is 1.26. The average Bonchev–Trinajstić information content (AvgIpc) is 1.89. The van der Waals surface area contributed by atoms with Crippen LogP contribution in [-0.2, 0) is 17.1 Å². The molecule has 4 heteroatoms. The van der Waals surface area contributed by atoms with Crippen molar-refractivity contribution in [2.75, 3.05) is 6.54 Å². The van der Waals surface area contributed by atoms with Gasteiger partial charge in [-0.25, -0.2) is 5.43 Å². The molecule has 63 valence electrons. The van der Waals surface area contributed by atoms with Crippen LogP contribution >= 0.6 is 0 Å². The van der Waals surface area contributed by atoms with Crippen LogP contribution in [0.4, 0.5) is 0 Å². The van der Waals surface area contributed by atoms with Crippen molar-refractivity contribution in [1.29, 1.82) is 0 Å². The van der Waals surface area contributed by atoms with Gasteiger partial charge in [0.05, 0.1) is 0 Å². The summed E-state index contributed by atoms with van der Waals surface area (Å²) in [6.07, 6.45) is 5.12. The second-order valence-electron chi connectivity index (χ2n) is 2.13. The van der Waals surface area contributed by atoms with Crippen molar-refractivity contribution < 1.29 is 17.1 Å². The minimum atomic E-state index is 0. The summed E-state index contributed by atoms with van der Waals surface area (Å²) in [5.74, 6) is 4.98. The fourth-order valence-electron chi connectivity index (χ4n) is 0.712. The van der Waals surface area contributed by atoms with Crippen molar-refractivity contribution in [2.24, 2.45) is 5.84 Å². The summed E-state index contributed by atoms with van der Waals surface area (Å²) in [7, 11) is 0. The van der Waals surface area contributed by atoms with Crippen molar-refractivity contribution >= 4 is 0 Å². The zero-order valence-electron chi connectivity index (χ0n) is 6.49. The van der Waals surface area contributed by atoms with E-state index in [4.69, 9.17) is 5.84 Å². The van der Waals surface area contributed by atoms with Crippen molar-refractivity contribution in [3.05, 3.63) is 0 Å². The van der Waals surface area contributed by atoms with E-state index in [0.29, 0.717) is 0 Å². The first kappa shape index (κ1) is 13.0. The average molecular weight is 186 g/mol. The van der Waals surface area contributed by atoms with Crippen LogP contribution in [0, 0.1) is 0 Å². The Kier molecular flexibility index (Phi) is 15.8. The van der Waals surface area contributed by atoms with E-state index in [0.717, 1.165) is 6.54 Å². The maximum atomic E-state index is 4.98. The molecule has 0 bridgehead atoms. The fraction of sp³-hybridized carbons (Fsp3) is 1.00. The van der Waals surface area contributed by atoms with Crippen LogP contribution < -0.4 is 16.8 Å². The number of hydrogen-bond donors (Lipinski definition) is 3. The topological polar surface area (TPSA) is 50.1 Å². The smallest absolute Gasteiger partial charge is 0.0113 e. The molecule has 10 heavy (non-hydrogen) atoms. The number of hydrazine groups is 2. The van der Waals surface area contributed by atoms with E-state index in [2.05, 4.69) is 17.9 Å². The van der Waals surface area contributed by atoms with Crippen LogP contribution in [0.25, 0.3) is 0 Å². The van der Waals surface area contributed by atoms with E-state index < -0.39 is 0 Å². The van der Waals surface area contributed by atoms with E-state index in [1.807, 2.05) is 0 Å². The van der Waals surface area contributed by atoms with E-state index in [9.17, 15) is 0 Å². The molecule has 0 heterocycles. The van der Waals surface area contributed by atoms with Gasteiger partial charge < -0.3 is 0 Å². The number of hydrogen-bond acceptors (Lipinski definition) is 3. The Hall–Kier alpha value is 0.399. The van der Waals surface area contributed by atoms with Gasteiger partial charge in [-0.05, 0) is 6.42 Å². The second kappa shape index (κ2) is 12.1. The predicted molar refractivity (Wildman–Crippen MR) is 39.5 cm³/mol. The zero-order chi connectivity index (χ0) is 6.95. The van der Waals surface area contributed by atoms with Crippen LogP contribution in [0.2, 0.25) is 0 Å². The Bertz CT molecular complexity index is 46.3. The van der Waals surface area contributed by atoms with Crippen LogP contribution in [-0.4, -0.2) is 6.54 Å². The molecule has 3 nitrogen and oxygen atoms in total. The maximum Gasteiger partial charge on any atom is 0.0113 e. The molecule has 0 amide bonds. The molecule has 0 saturated carbocycles. The molecule has 0 aliphatic carbocycles. The predicted octanol–water partition coefficient (Wildman–Crippen LogP) is 0.532. The molecule has 0 saturated heterocycles. The molecular formula is C6H17MnN3. The first-order chi connectivity index (χ1) is 4.41. The van der Waals surface area contributed by atoms with Crippen molar-refractivity contribution in [1.82, 2.24) is 11.0 Å². The quantitative estimate of drug-likeness (QED) is 0.245. The second-order valence-corrected chi connectivity index (χ2v) is 2.13. The van der Waals surface area contributed by atoms with Gasteiger partial charge in [-0.2, -0.15) is 5.53 Å². The Labute approximate surface area is 73.5 Å². The maximum absolute atomic E-state index is 4.98. The fourth-order valence-corrected chi connectivity index (χ4v) is 0.712. The van der Waals surface area contributed by atoms with Crippen LogP contribution in [0.1, 0.15) is 32.6 Å². The Morgan fingerprint density at radius 3 is 2.40 bits per heavy atom. The van der Waals surface area contributed by atoms with Gasteiger partial charge in [0.2, 0.25) is 0 Å². The van der Waals surface area contributed by atoms with Crippen molar-refractivity contribution in [3.63, 3.8) is 0 Å². The van der Waals surface area contributed by atoms with Gasteiger partial charge in [0, 0.05) is 23.6 Å². The van der Waals surface area contributed by atoms with E-state index >= 15 is 0 Å². The molecule has 0 atom stereocenters. The Morgan fingerprint density at radius 2 is 1.90 bits per heavy atom. The first-order valence-electron chi connectivity index (χ1n) is 3.60. The molecule has 0 aromatic carbocycles. The summed E-state index contributed by atoms with van der Waals surface area (Å²) in [5.41, 5.74) is 5.23. The van der Waals surface area contributed by atoms with Gasteiger partial charge in [-0.15, -0.1) is 0 Å². The summed E-state index contributed by atoms with van der Waals surface area (Å²) in [6, 6.07) is 0. The molecule has 0 fully saturated rings. The normalized spacial score (nSPS) is 9.00. The number of rotatable bonds is 6. The molecule has 0 aliphatic heterocycles. The van der Waals surface area contributed by atoms with Gasteiger partial charge >= 0.3 is 0 Å². The molecule has 0 aliphatic rings. The third kappa shape index (κ3) is 11.2. The first-order valence-corrected chi connectivity index (χ1v) is 3.60. The van der Waals surface area contributed by atoms with Crippen molar-refractivity contribution in [2.45, 2.75) is 32.6 Å². The summed E-state index contributed by atoms with van der Waals surface area (Å²) < 4.78 is 0. The van der Waals surface area contributed by atoms with Crippen molar-refractivity contribution in [3.8, 4) is 0 Å². The largest absolute Gasteiger partial charge is 0.258 e. The molecule has 0 rings (SSSR count). The minimum absolute atomic E-state index is 0. The minimum Gasteiger partial charge on any atom is -0.258 e. The van der Waals surface area contributed by atoms with Gasteiger partial charge in [0.15, 0.2) is 0 Å². The molecule has 0 spiro atoms. The summed E-state index contributed by atoms with van der Waals surface area (Å²) >= 11 is 0. The monoisotopic (exact) mass is 186 g/mol. The van der Waals surface area contributed by atoms with Gasteiger partial charge in [0.25, 0.3) is 0 Å². The zero-order valence-corrected chi connectivity index (χ0v) is 7.67. The molecule has 4 N–H and O–H groups in total.